The van der Waals surface area contributed by atoms with Gasteiger partial charge in [0.15, 0.2) is 0 Å². The third-order valence-electron chi connectivity index (χ3n) is 3.37. The fraction of sp³-hybridized carbons (Fsp3) is 0.125. The Morgan fingerprint density at radius 1 is 1.20 bits per heavy atom. The van der Waals surface area contributed by atoms with Crippen molar-refractivity contribution in [1.29, 1.82) is 0 Å². The number of anilines is 1. The Morgan fingerprint density at radius 2 is 2.05 bits per heavy atom. The van der Waals surface area contributed by atoms with Crippen molar-refractivity contribution in [3.05, 3.63) is 63.2 Å². The van der Waals surface area contributed by atoms with E-state index < -0.39 is 0 Å². The Kier molecular flexibility index (Phi) is 3.72. The number of benzene rings is 2. The Bertz CT molecular complexity index is 764. The van der Waals surface area contributed by atoms with Gasteiger partial charge in [-0.25, -0.2) is 0 Å². The van der Waals surface area contributed by atoms with Crippen LogP contribution in [0, 0.1) is 6.92 Å². The Morgan fingerprint density at radius 3 is 2.85 bits per heavy atom. The Balaban J connectivity index is 1.81. The molecule has 0 aliphatic heterocycles. The maximum absolute atomic E-state index is 5.99. The summed E-state index contributed by atoms with van der Waals surface area (Å²) in [4.78, 5) is 3.25. The molecular weight excluding hydrogens is 336 g/mol. The lowest BCUT2D eigenvalue weighted by Gasteiger charge is -2.07. The van der Waals surface area contributed by atoms with E-state index in [9.17, 15) is 0 Å². The summed E-state index contributed by atoms with van der Waals surface area (Å²) in [6.45, 7) is 2.87. The molecule has 0 atom stereocenters. The molecule has 0 saturated heterocycles. The number of nitrogens with one attached hydrogen (secondary N) is 2. The molecule has 20 heavy (non-hydrogen) atoms. The molecule has 0 spiro atoms. The van der Waals surface area contributed by atoms with Gasteiger partial charge in [0, 0.05) is 38.8 Å². The highest BCUT2D eigenvalue weighted by molar-refractivity contribution is 9.10. The number of aromatic nitrogens is 1. The molecule has 4 heteroatoms. The molecule has 2 nitrogen and oxygen atoms in total. The second-order valence-corrected chi connectivity index (χ2v) is 6.11. The first-order chi connectivity index (χ1) is 9.63. The lowest BCUT2D eigenvalue weighted by atomic mass is 10.1. The number of hydrogen-bond donors (Lipinski definition) is 2. The summed E-state index contributed by atoms with van der Waals surface area (Å²) in [5.74, 6) is 0. The minimum Gasteiger partial charge on any atom is -0.381 e. The summed E-state index contributed by atoms with van der Waals surface area (Å²) in [5.41, 5.74) is 4.65. The Hall–Kier alpha value is -1.45. The lowest BCUT2D eigenvalue weighted by Crippen LogP contribution is -1.98. The summed E-state index contributed by atoms with van der Waals surface area (Å²) >= 11 is 9.51. The standard InChI is InChI=1S/C16H14BrClN2/c1-10-6-13(3-5-15(10)17)19-8-11-9-20-16-7-12(18)2-4-14(11)16/h2-7,9,19-20H,8H2,1H3. The van der Waals surface area contributed by atoms with Crippen LogP contribution in [0.1, 0.15) is 11.1 Å². The first-order valence-corrected chi connectivity index (χ1v) is 7.56. The molecule has 0 bridgehead atoms. The number of fused-ring (bicyclic) bond motifs is 1. The van der Waals surface area contributed by atoms with E-state index in [-0.39, 0.29) is 0 Å². The number of hydrogen-bond acceptors (Lipinski definition) is 1. The number of rotatable bonds is 3. The molecule has 1 heterocycles. The molecule has 2 aromatic carbocycles. The van der Waals surface area contributed by atoms with Crippen molar-refractivity contribution in [2.75, 3.05) is 5.32 Å². The molecule has 3 rings (SSSR count). The van der Waals surface area contributed by atoms with E-state index in [0.717, 1.165) is 27.2 Å². The van der Waals surface area contributed by atoms with Crippen LogP contribution in [-0.4, -0.2) is 4.98 Å². The number of H-pyrrole nitrogens is 1. The zero-order valence-electron chi connectivity index (χ0n) is 11.0. The molecule has 0 radical (unpaired) electrons. The third-order valence-corrected chi connectivity index (χ3v) is 4.50. The average molecular weight is 350 g/mol. The van der Waals surface area contributed by atoms with Crippen molar-refractivity contribution in [3.8, 4) is 0 Å². The van der Waals surface area contributed by atoms with Crippen molar-refractivity contribution in [3.63, 3.8) is 0 Å². The summed E-state index contributed by atoms with van der Waals surface area (Å²) in [6, 6.07) is 12.2. The molecule has 0 unspecified atom stereocenters. The van der Waals surface area contributed by atoms with Gasteiger partial charge in [-0.1, -0.05) is 33.6 Å². The fourth-order valence-electron chi connectivity index (χ4n) is 2.26. The monoisotopic (exact) mass is 348 g/mol. The van der Waals surface area contributed by atoms with Gasteiger partial charge in [-0.05, 0) is 48.4 Å². The first kappa shape index (κ1) is 13.5. The molecule has 3 aromatic rings. The quantitative estimate of drug-likeness (QED) is 0.641. The molecule has 2 N–H and O–H groups in total. The van der Waals surface area contributed by atoms with Gasteiger partial charge in [0.25, 0.3) is 0 Å². The van der Waals surface area contributed by atoms with Crippen LogP contribution < -0.4 is 5.32 Å². The van der Waals surface area contributed by atoms with Gasteiger partial charge in [-0.2, -0.15) is 0 Å². The second-order valence-electron chi connectivity index (χ2n) is 4.82. The lowest BCUT2D eigenvalue weighted by molar-refractivity contribution is 1.16. The van der Waals surface area contributed by atoms with Gasteiger partial charge < -0.3 is 10.3 Å². The van der Waals surface area contributed by atoms with Crippen LogP contribution >= 0.6 is 27.5 Å². The maximum atomic E-state index is 5.99. The molecule has 0 fully saturated rings. The van der Waals surface area contributed by atoms with Crippen LogP contribution in [0.4, 0.5) is 5.69 Å². The number of aromatic amines is 1. The number of aryl methyl sites for hydroxylation is 1. The molecule has 0 aliphatic carbocycles. The predicted molar refractivity (Wildman–Crippen MR) is 89.5 cm³/mol. The molecule has 0 amide bonds. The van der Waals surface area contributed by atoms with E-state index in [0.29, 0.717) is 0 Å². The molecular formula is C16H14BrClN2. The van der Waals surface area contributed by atoms with Gasteiger partial charge in [0.1, 0.15) is 0 Å². The molecule has 0 saturated carbocycles. The van der Waals surface area contributed by atoms with E-state index in [4.69, 9.17) is 11.6 Å². The van der Waals surface area contributed by atoms with Crippen molar-refractivity contribution < 1.29 is 0 Å². The van der Waals surface area contributed by atoms with E-state index in [1.54, 1.807) is 0 Å². The van der Waals surface area contributed by atoms with E-state index in [1.165, 1.54) is 16.5 Å². The van der Waals surface area contributed by atoms with Gasteiger partial charge in [0.2, 0.25) is 0 Å². The zero-order chi connectivity index (χ0) is 14.1. The average Bonchev–Trinajstić information content (AvgIpc) is 2.82. The SMILES string of the molecule is Cc1cc(NCc2c[nH]c3cc(Cl)ccc23)ccc1Br. The summed E-state index contributed by atoms with van der Waals surface area (Å²) in [5, 5.41) is 5.40. The fourth-order valence-corrected chi connectivity index (χ4v) is 2.68. The molecule has 102 valence electrons. The Labute approximate surface area is 131 Å². The second kappa shape index (κ2) is 5.51. The largest absolute Gasteiger partial charge is 0.381 e. The molecule has 1 aromatic heterocycles. The third kappa shape index (κ3) is 2.69. The van der Waals surface area contributed by atoms with E-state index in [2.05, 4.69) is 57.4 Å². The summed E-state index contributed by atoms with van der Waals surface area (Å²) in [7, 11) is 0. The zero-order valence-corrected chi connectivity index (χ0v) is 13.3. The van der Waals surface area contributed by atoms with Crippen LogP contribution in [0.15, 0.2) is 47.1 Å². The molecule has 0 aliphatic rings. The van der Waals surface area contributed by atoms with Gasteiger partial charge in [0.05, 0.1) is 0 Å². The van der Waals surface area contributed by atoms with Crippen LogP contribution in [0.5, 0.6) is 0 Å². The number of halogens is 2. The summed E-state index contributed by atoms with van der Waals surface area (Å²) in [6.07, 6.45) is 2.03. The van der Waals surface area contributed by atoms with E-state index in [1.807, 2.05) is 18.3 Å². The minimum absolute atomic E-state index is 0.752. The van der Waals surface area contributed by atoms with Gasteiger partial charge in [-0.3, -0.25) is 0 Å². The minimum atomic E-state index is 0.752. The van der Waals surface area contributed by atoms with Gasteiger partial charge in [-0.15, -0.1) is 0 Å². The van der Waals surface area contributed by atoms with Gasteiger partial charge >= 0.3 is 0 Å². The van der Waals surface area contributed by atoms with Crippen LogP contribution in [0.25, 0.3) is 10.9 Å². The smallest absolute Gasteiger partial charge is 0.0472 e. The highest BCUT2D eigenvalue weighted by Gasteiger charge is 2.04. The van der Waals surface area contributed by atoms with Crippen molar-refractivity contribution in [1.82, 2.24) is 4.98 Å². The topological polar surface area (TPSA) is 27.8 Å². The van der Waals surface area contributed by atoms with Crippen LogP contribution in [0.3, 0.4) is 0 Å². The van der Waals surface area contributed by atoms with Crippen molar-refractivity contribution in [2.24, 2.45) is 0 Å². The maximum Gasteiger partial charge on any atom is 0.0472 e. The van der Waals surface area contributed by atoms with Crippen LogP contribution in [-0.2, 0) is 6.54 Å². The highest BCUT2D eigenvalue weighted by Crippen LogP contribution is 2.24. The highest BCUT2D eigenvalue weighted by atomic mass is 79.9. The van der Waals surface area contributed by atoms with Crippen molar-refractivity contribution in [2.45, 2.75) is 13.5 Å². The predicted octanol–water partition coefficient (Wildman–Crippen LogP) is 5.50. The summed E-state index contributed by atoms with van der Waals surface area (Å²) < 4.78 is 1.13. The van der Waals surface area contributed by atoms with E-state index >= 15 is 0 Å². The van der Waals surface area contributed by atoms with Crippen molar-refractivity contribution >= 4 is 44.1 Å². The van der Waals surface area contributed by atoms with Crippen LogP contribution in [0.2, 0.25) is 5.02 Å². The normalized spacial score (nSPS) is 10.9. The first-order valence-electron chi connectivity index (χ1n) is 6.39.